The van der Waals surface area contributed by atoms with Gasteiger partial charge in [0.1, 0.15) is 0 Å². The summed E-state index contributed by atoms with van der Waals surface area (Å²) in [7, 11) is 1.69. The van der Waals surface area contributed by atoms with Gasteiger partial charge in [-0.15, -0.1) is 0 Å². The molecule has 0 saturated carbocycles. The van der Waals surface area contributed by atoms with Crippen LogP contribution in [0.5, 0.6) is 0 Å². The molecule has 0 N–H and O–H groups in total. The number of nitrogens with zero attached hydrogens (tertiary/aromatic N) is 1. The Morgan fingerprint density at radius 2 is 2.18 bits per heavy atom. The van der Waals surface area contributed by atoms with Crippen LogP contribution in [0.3, 0.4) is 0 Å². The van der Waals surface area contributed by atoms with Crippen LogP contribution in [-0.4, -0.2) is 37.3 Å². The molecular weight excluding hydrogens is 218 g/mol. The normalized spacial score (nSPS) is 10.7. The lowest BCUT2D eigenvalue weighted by Gasteiger charge is -2.04. The molecule has 0 bridgehead atoms. The zero-order chi connectivity index (χ0) is 12.5. The summed E-state index contributed by atoms with van der Waals surface area (Å²) in [5.41, 5.74) is 0.784. The van der Waals surface area contributed by atoms with Gasteiger partial charge in [0.15, 0.2) is 5.78 Å². The van der Waals surface area contributed by atoms with Gasteiger partial charge in [-0.3, -0.25) is 4.79 Å². The van der Waals surface area contributed by atoms with E-state index in [1.54, 1.807) is 7.11 Å². The number of aromatic nitrogens is 1. The van der Waals surface area contributed by atoms with Gasteiger partial charge in [-0.05, 0) is 12.5 Å². The Balaban J connectivity index is 2.19. The number of carbonyl (C=O) groups is 1. The molecule has 0 atom stereocenters. The molecule has 0 aliphatic heterocycles. The molecule has 96 valence electrons. The average molecular weight is 239 g/mol. The van der Waals surface area contributed by atoms with Crippen LogP contribution in [0.25, 0.3) is 0 Å². The van der Waals surface area contributed by atoms with Crippen molar-refractivity contribution in [2.24, 2.45) is 0 Å². The minimum atomic E-state index is 0.185. The quantitative estimate of drug-likeness (QED) is 0.489. The first-order valence-electron chi connectivity index (χ1n) is 6.03. The molecule has 0 amide bonds. The monoisotopic (exact) mass is 239 g/mol. The highest BCUT2D eigenvalue weighted by atomic mass is 16.5. The third-order valence-electron chi connectivity index (χ3n) is 2.52. The molecule has 0 spiro atoms. The minimum Gasteiger partial charge on any atom is -0.385 e. The predicted octanol–water partition coefficient (Wildman–Crippen LogP) is 2.13. The summed E-state index contributed by atoms with van der Waals surface area (Å²) >= 11 is 0. The van der Waals surface area contributed by atoms with E-state index in [9.17, 15) is 4.79 Å². The second-order valence-corrected chi connectivity index (χ2v) is 3.87. The van der Waals surface area contributed by atoms with Gasteiger partial charge in [-0.2, -0.15) is 0 Å². The summed E-state index contributed by atoms with van der Waals surface area (Å²) < 4.78 is 12.4. The van der Waals surface area contributed by atoms with E-state index in [1.807, 2.05) is 30.0 Å². The molecule has 4 nitrogen and oxygen atoms in total. The Morgan fingerprint density at radius 3 is 2.88 bits per heavy atom. The van der Waals surface area contributed by atoms with E-state index in [0.29, 0.717) is 13.0 Å². The molecule has 1 rings (SSSR count). The summed E-state index contributed by atoms with van der Waals surface area (Å²) in [6.07, 6.45) is 5.27. The maximum Gasteiger partial charge on any atom is 0.164 e. The largest absolute Gasteiger partial charge is 0.385 e. The van der Waals surface area contributed by atoms with Crippen LogP contribution >= 0.6 is 0 Å². The van der Waals surface area contributed by atoms with Gasteiger partial charge in [0, 0.05) is 51.2 Å². The van der Waals surface area contributed by atoms with E-state index in [2.05, 4.69) is 0 Å². The number of methoxy groups -OCH3 is 1. The van der Waals surface area contributed by atoms with Crippen molar-refractivity contribution in [2.75, 3.05) is 26.9 Å². The Bertz CT molecular complexity index is 333. The molecule has 0 fully saturated rings. The smallest absolute Gasteiger partial charge is 0.164 e. The molecule has 0 radical (unpaired) electrons. The molecule has 0 aromatic carbocycles. The molecule has 0 saturated heterocycles. The fourth-order valence-electron chi connectivity index (χ4n) is 1.53. The molecular formula is C13H21NO3. The van der Waals surface area contributed by atoms with Gasteiger partial charge >= 0.3 is 0 Å². The molecule has 0 aliphatic carbocycles. The summed E-state index contributed by atoms with van der Waals surface area (Å²) in [4.78, 5) is 11.4. The van der Waals surface area contributed by atoms with Crippen molar-refractivity contribution < 1.29 is 14.3 Å². The third-order valence-corrected chi connectivity index (χ3v) is 2.52. The third kappa shape index (κ3) is 5.15. The van der Waals surface area contributed by atoms with Crippen molar-refractivity contribution >= 4 is 5.78 Å². The fraction of sp³-hybridized carbons (Fsp3) is 0.615. The highest BCUT2D eigenvalue weighted by molar-refractivity contribution is 5.95. The summed E-state index contributed by atoms with van der Waals surface area (Å²) in [5.74, 6) is 0.185. The maximum atomic E-state index is 11.4. The van der Waals surface area contributed by atoms with Gasteiger partial charge in [0.25, 0.3) is 0 Å². The average Bonchev–Trinajstić information content (AvgIpc) is 2.81. The Morgan fingerprint density at radius 1 is 1.35 bits per heavy atom. The van der Waals surface area contributed by atoms with Crippen molar-refractivity contribution in [1.82, 2.24) is 4.57 Å². The maximum absolute atomic E-state index is 11.4. The van der Waals surface area contributed by atoms with Crippen LogP contribution in [0, 0.1) is 0 Å². The van der Waals surface area contributed by atoms with E-state index < -0.39 is 0 Å². The van der Waals surface area contributed by atoms with E-state index in [-0.39, 0.29) is 5.78 Å². The van der Waals surface area contributed by atoms with E-state index in [1.165, 1.54) is 0 Å². The number of ketones is 1. The summed E-state index contributed by atoms with van der Waals surface area (Å²) in [6, 6.07) is 1.86. The Kier molecular flexibility index (Phi) is 6.58. The van der Waals surface area contributed by atoms with Crippen molar-refractivity contribution in [1.29, 1.82) is 0 Å². The van der Waals surface area contributed by atoms with Gasteiger partial charge in [0.05, 0.1) is 6.61 Å². The molecule has 1 heterocycles. The number of hydrogen-bond acceptors (Lipinski definition) is 3. The highest BCUT2D eigenvalue weighted by Crippen LogP contribution is 2.04. The first-order valence-corrected chi connectivity index (χ1v) is 6.03. The van der Waals surface area contributed by atoms with Crippen LogP contribution in [0.15, 0.2) is 18.5 Å². The lowest BCUT2D eigenvalue weighted by molar-refractivity contribution is 0.0969. The van der Waals surface area contributed by atoms with Gasteiger partial charge in [-0.25, -0.2) is 0 Å². The lowest BCUT2D eigenvalue weighted by atomic mass is 10.2. The summed E-state index contributed by atoms with van der Waals surface area (Å²) in [5, 5.41) is 0. The number of hydrogen-bond donors (Lipinski definition) is 0. The van der Waals surface area contributed by atoms with E-state index in [4.69, 9.17) is 9.47 Å². The van der Waals surface area contributed by atoms with Gasteiger partial charge < -0.3 is 14.0 Å². The van der Waals surface area contributed by atoms with E-state index in [0.717, 1.165) is 31.7 Å². The first kappa shape index (κ1) is 13.9. The zero-order valence-corrected chi connectivity index (χ0v) is 10.6. The van der Waals surface area contributed by atoms with Crippen LogP contribution in [-0.2, 0) is 16.0 Å². The van der Waals surface area contributed by atoms with Crippen LogP contribution < -0.4 is 0 Å². The zero-order valence-electron chi connectivity index (χ0n) is 10.6. The standard InChI is InChI=1S/C13H21NO3/c1-3-13(15)12-5-6-14(11-12)7-10-17-9-4-8-16-2/h5-6,11H,3-4,7-10H2,1-2H3. The number of carbonyl (C=O) groups excluding carboxylic acids is 1. The molecule has 17 heavy (non-hydrogen) atoms. The van der Waals surface area contributed by atoms with Crippen LogP contribution in [0.4, 0.5) is 0 Å². The predicted molar refractivity (Wildman–Crippen MR) is 66.4 cm³/mol. The molecule has 1 aromatic heterocycles. The topological polar surface area (TPSA) is 40.5 Å². The van der Waals surface area contributed by atoms with Crippen molar-refractivity contribution in [3.63, 3.8) is 0 Å². The number of Topliss-reactive ketones (excluding diaryl/α,β-unsaturated/α-hetero) is 1. The Hall–Kier alpha value is -1.13. The Labute approximate surface area is 103 Å². The first-order chi connectivity index (χ1) is 8.27. The minimum absolute atomic E-state index is 0.185. The van der Waals surface area contributed by atoms with Crippen molar-refractivity contribution in [2.45, 2.75) is 26.3 Å². The fourth-order valence-corrected chi connectivity index (χ4v) is 1.53. The summed E-state index contributed by atoms with van der Waals surface area (Å²) in [6.45, 7) is 4.77. The molecule has 4 heteroatoms. The second-order valence-electron chi connectivity index (χ2n) is 3.87. The molecule has 0 aliphatic rings. The van der Waals surface area contributed by atoms with Crippen LogP contribution in [0.1, 0.15) is 30.1 Å². The molecule has 1 aromatic rings. The van der Waals surface area contributed by atoms with Crippen LogP contribution in [0.2, 0.25) is 0 Å². The second kappa shape index (κ2) is 8.03. The molecule has 0 unspecified atom stereocenters. The number of ether oxygens (including phenoxy) is 2. The van der Waals surface area contributed by atoms with Gasteiger partial charge in [-0.1, -0.05) is 6.92 Å². The highest BCUT2D eigenvalue weighted by Gasteiger charge is 2.04. The van der Waals surface area contributed by atoms with Gasteiger partial charge in [0.2, 0.25) is 0 Å². The van der Waals surface area contributed by atoms with E-state index >= 15 is 0 Å². The SMILES string of the molecule is CCC(=O)c1ccn(CCOCCCOC)c1. The van der Waals surface area contributed by atoms with Crippen molar-refractivity contribution in [3.8, 4) is 0 Å². The lowest BCUT2D eigenvalue weighted by Crippen LogP contribution is -2.06. The van der Waals surface area contributed by atoms with Crippen molar-refractivity contribution in [3.05, 3.63) is 24.0 Å². The number of rotatable bonds is 9.